The number of ether oxygens (including phenoxy) is 2. The number of aromatic nitrogens is 3. The molecule has 0 bridgehead atoms. The maximum Gasteiger partial charge on any atom is 0.573 e. The van der Waals surface area contributed by atoms with Crippen molar-refractivity contribution in [3.05, 3.63) is 64.6 Å². The molecule has 2 aromatic heterocycles. The monoisotopic (exact) mass is 482 g/mol. The number of rotatable bonds is 6. The van der Waals surface area contributed by atoms with Gasteiger partial charge in [-0.25, -0.2) is 14.5 Å². The summed E-state index contributed by atoms with van der Waals surface area (Å²) in [6.07, 6.45) is -6.08. The van der Waals surface area contributed by atoms with Crippen LogP contribution in [0.1, 0.15) is 28.8 Å². The minimum Gasteiger partial charge on any atom is -0.448 e. The summed E-state index contributed by atoms with van der Waals surface area (Å²) >= 11 is 6.09. The van der Waals surface area contributed by atoms with Crippen LogP contribution in [0.15, 0.2) is 42.5 Å². The fraction of sp³-hybridized carbons (Fsp3) is 0.238. The zero-order chi connectivity index (χ0) is 24.3. The van der Waals surface area contributed by atoms with Gasteiger partial charge in [-0.3, -0.25) is 4.79 Å². The zero-order valence-electron chi connectivity index (χ0n) is 17.6. The van der Waals surface area contributed by atoms with Crippen molar-refractivity contribution < 1.29 is 32.2 Å². The van der Waals surface area contributed by atoms with Crippen molar-refractivity contribution in [1.82, 2.24) is 14.8 Å². The Bertz CT molecular complexity index is 1180. The summed E-state index contributed by atoms with van der Waals surface area (Å²) in [4.78, 5) is 29.1. The first-order chi connectivity index (χ1) is 15.4. The number of esters is 1. The van der Waals surface area contributed by atoms with Gasteiger partial charge in [0.15, 0.2) is 17.6 Å². The van der Waals surface area contributed by atoms with Gasteiger partial charge in [-0.1, -0.05) is 11.6 Å². The quantitative estimate of drug-likeness (QED) is 0.515. The molecule has 0 aliphatic rings. The van der Waals surface area contributed by atoms with E-state index in [-0.39, 0.29) is 16.4 Å². The van der Waals surface area contributed by atoms with Crippen molar-refractivity contribution in [2.45, 2.75) is 33.2 Å². The Morgan fingerprint density at radius 2 is 1.79 bits per heavy atom. The van der Waals surface area contributed by atoms with Gasteiger partial charge >= 0.3 is 12.3 Å². The molecule has 1 amide bonds. The molecule has 0 saturated carbocycles. The number of aryl methyl sites for hydroxylation is 2. The molecule has 0 aliphatic heterocycles. The van der Waals surface area contributed by atoms with Gasteiger partial charge in [0.2, 0.25) is 0 Å². The Labute approximate surface area is 191 Å². The fourth-order valence-corrected chi connectivity index (χ4v) is 2.99. The first-order valence-corrected chi connectivity index (χ1v) is 9.88. The van der Waals surface area contributed by atoms with Crippen LogP contribution in [0.4, 0.5) is 18.9 Å². The molecule has 1 N–H and O–H groups in total. The highest BCUT2D eigenvalue weighted by Crippen LogP contribution is 2.24. The summed E-state index contributed by atoms with van der Waals surface area (Å²) in [5.41, 5.74) is 1.54. The predicted octanol–water partition coefficient (Wildman–Crippen LogP) is 4.62. The highest BCUT2D eigenvalue weighted by Gasteiger charge is 2.31. The lowest BCUT2D eigenvalue weighted by molar-refractivity contribution is -0.274. The first kappa shape index (κ1) is 24.1. The second kappa shape index (κ2) is 9.49. The molecule has 1 atom stereocenters. The van der Waals surface area contributed by atoms with Crippen molar-refractivity contribution in [2.24, 2.45) is 0 Å². The van der Waals surface area contributed by atoms with Crippen LogP contribution in [-0.4, -0.2) is 39.1 Å². The maximum atomic E-state index is 12.6. The maximum absolute atomic E-state index is 12.6. The number of nitrogens with zero attached hydrogens (tertiary/aromatic N) is 3. The van der Waals surface area contributed by atoms with Crippen LogP contribution >= 0.6 is 11.6 Å². The third-order valence-corrected chi connectivity index (χ3v) is 4.56. The lowest BCUT2D eigenvalue weighted by Gasteiger charge is -2.15. The average molecular weight is 483 g/mol. The summed E-state index contributed by atoms with van der Waals surface area (Å²) in [6.45, 7) is 4.96. The molecule has 0 radical (unpaired) electrons. The van der Waals surface area contributed by atoms with Crippen LogP contribution in [0.3, 0.4) is 0 Å². The Morgan fingerprint density at radius 1 is 1.12 bits per heavy atom. The van der Waals surface area contributed by atoms with Gasteiger partial charge in [0.25, 0.3) is 5.91 Å². The molecule has 2 heterocycles. The Kier molecular flexibility index (Phi) is 6.92. The molecule has 12 heteroatoms. The first-order valence-electron chi connectivity index (χ1n) is 9.51. The highest BCUT2D eigenvalue weighted by molar-refractivity contribution is 6.33. The number of hydrogen-bond acceptors (Lipinski definition) is 6. The zero-order valence-corrected chi connectivity index (χ0v) is 18.4. The summed E-state index contributed by atoms with van der Waals surface area (Å²) in [7, 11) is 0. The molecule has 0 aliphatic carbocycles. The number of alkyl halides is 3. The number of nitrogens with one attached hydrogen (secondary N) is 1. The van der Waals surface area contributed by atoms with Gasteiger partial charge in [-0.05, 0) is 63.2 Å². The normalized spacial score (nSPS) is 12.2. The molecule has 1 aromatic carbocycles. The molecule has 8 nitrogen and oxygen atoms in total. The van der Waals surface area contributed by atoms with E-state index in [1.165, 1.54) is 29.8 Å². The van der Waals surface area contributed by atoms with Gasteiger partial charge in [0.1, 0.15) is 5.75 Å². The van der Waals surface area contributed by atoms with Crippen LogP contribution in [0.5, 0.6) is 5.75 Å². The number of amides is 1. The van der Waals surface area contributed by atoms with E-state index in [1.807, 2.05) is 19.9 Å². The van der Waals surface area contributed by atoms with Crippen LogP contribution in [0.2, 0.25) is 5.02 Å². The molecule has 3 rings (SSSR count). The number of carbonyl (C=O) groups excluding carboxylic acids is 2. The number of carbonyl (C=O) groups is 2. The minimum absolute atomic E-state index is 0.0261. The summed E-state index contributed by atoms with van der Waals surface area (Å²) in [5, 5.41) is 6.75. The van der Waals surface area contributed by atoms with Gasteiger partial charge in [0.05, 0.1) is 10.7 Å². The van der Waals surface area contributed by atoms with Crippen LogP contribution in [0, 0.1) is 13.8 Å². The lowest BCUT2D eigenvalue weighted by Crippen LogP contribution is -2.30. The van der Waals surface area contributed by atoms with E-state index in [0.717, 1.165) is 23.5 Å². The predicted molar refractivity (Wildman–Crippen MR) is 112 cm³/mol. The summed E-state index contributed by atoms with van der Waals surface area (Å²) in [6, 6.07) is 9.38. The molecule has 1 unspecified atom stereocenters. The number of benzene rings is 1. The third kappa shape index (κ3) is 6.22. The number of hydrogen-bond donors (Lipinski definition) is 1. The van der Waals surface area contributed by atoms with Crippen molar-refractivity contribution in [3.63, 3.8) is 0 Å². The van der Waals surface area contributed by atoms with Crippen LogP contribution < -0.4 is 10.1 Å². The fourth-order valence-electron chi connectivity index (χ4n) is 2.81. The van der Waals surface area contributed by atoms with E-state index in [0.29, 0.717) is 5.82 Å². The standard InChI is InChI=1S/C21H18ClF3N4O4/c1-11-10-12(2)29(28-11)17-9-8-16(22)18(27-17)20(31)32-13(3)19(30)26-14-4-6-15(7-5-14)33-21(23,24)25/h4-10,13H,1-3H3,(H,26,30). The lowest BCUT2D eigenvalue weighted by atomic mass is 10.2. The SMILES string of the molecule is Cc1cc(C)n(-c2ccc(Cl)c(C(=O)OC(C)C(=O)Nc3ccc(OC(F)(F)F)cc3)n2)n1. The van der Waals surface area contributed by atoms with E-state index >= 15 is 0 Å². The topological polar surface area (TPSA) is 95.3 Å². The van der Waals surface area contributed by atoms with Gasteiger partial charge in [-0.2, -0.15) is 5.10 Å². The molecular formula is C21H18ClF3N4O4. The Balaban J connectivity index is 1.67. The Hall–Kier alpha value is -3.60. The smallest absolute Gasteiger partial charge is 0.448 e. The van der Waals surface area contributed by atoms with Crippen molar-refractivity contribution in [3.8, 4) is 11.6 Å². The molecule has 0 saturated heterocycles. The largest absolute Gasteiger partial charge is 0.573 e. The third-order valence-electron chi connectivity index (χ3n) is 4.26. The van der Waals surface area contributed by atoms with Crippen LogP contribution in [0.25, 0.3) is 5.82 Å². The molecule has 3 aromatic rings. The second-order valence-corrected chi connectivity index (χ2v) is 7.35. The van der Waals surface area contributed by atoms with E-state index in [4.69, 9.17) is 16.3 Å². The Morgan fingerprint density at radius 3 is 2.36 bits per heavy atom. The summed E-state index contributed by atoms with van der Waals surface area (Å²) in [5.74, 6) is -1.74. The number of pyridine rings is 1. The van der Waals surface area contributed by atoms with E-state index in [9.17, 15) is 22.8 Å². The molecule has 174 valence electrons. The molecule has 0 spiro atoms. The van der Waals surface area contributed by atoms with Gasteiger partial charge in [-0.15, -0.1) is 13.2 Å². The molecule has 0 fully saturated rings. The number of halogens is 4. The van der Waals surface area contributed by atoms with Gasteiger partial charge in [0, 0.05) is 11.4 Å². The van der Waals surface area contributed by atoms with Crippen molar-refractivity contribution in [1.29, 1.82) is 0 Å². The second-order valence-electron chi connectivity index (χ2n) is 6.95. The minimum atomic E-state index is -4.82. The average Bonchev–Trinajstić information content (AvgIpc) is 3.06. The van der Waals surface area contributed by atoms with Crippen LogP contribution in [-0.2, 0) is 9.53 Å². The van der Waals surface area contributed by atoms with E-state index < -0.39 is 30.1 Å². The molecular weight excluding hydrogens is 465 g/mol. The van der Waals surface area contributed by atoms with E-state index in [1.54, 1.807) is 6.07 Å². The summed E-state index contributed by atoms with van der Waals surface area (Å²) < 4.78 is 47.2. The van der Waals surface area contributed by atoms with Crippen molar-refractivity contribution >= 4 is 29.2 Å². The number of anilines is 1. The van der Waals surface area contributed by atoms with Gasteiger partial charge < -0.3 is 14.8 Å². The molecule has 33 heavy (non-hydrogen) atoms. The van der Waals surface area contributed by atoms with Crippen molar-refractivity contribution in [2.75, 3.05) is 5.32 Å². The highest BCUT2D eigenvalue weighted by atomic mass is 35.5. The van der Waals surface area contributed by atoms with E-state index in [2.05, 4.69) is 20.1 Å².